The summed E-state index contributed by atoms with van der Waals surface area (Å²) in [7, 11) is 4.71. The van der Waals surface area contributed by atoms with Gasteiger partial charge in [0, 0.05) is 35.4 Å². The topological polar surface area (TPSA) is 72.6 Å². The third kappa shape index (κ3) is 4.06. The molecule has 0 radical (unpaired) electrons. The van der Waals surface area contributed by atoms with Crippen LogP contribution in [0.5, 0.6) is 17.2 Å². The van der Waals surface area contributed by atoms with E-state index < -0.39 is 0 Å². The Bertz CT molecular complexity index is 1000. The number of benzene rings is 2. The van der Waals surface area contributed by atoms with Crippen LogP contribution in [-0.4, -0.2) is 26.3 Å². The van der Waals surface area contributed by atoms with Crippen molar-refractivity contribution in [1.29, 1.82) is 0 Å². The number of hydrogen-bond donors (Lipinski definition) is 2. The average molecular weight is 382 g/mol. The maximum Gasteiger partial charge on any atom is 0.253 e. The van der Waals surface area contributed by atoms with Gasteiger partial charge in [-0.05, 0) is 35.6 Å². The van der Waals surface area contributed by atoms with Gasteiger partial charge in [0.1, 0.15) is 0 Å². The first kappa shape index (κ1) is 19.6. The molecule has 1 heterocycles. The largest absolute Gasteiger partial charge is 0.493 e. The second-order valence-electron chi connectivity index (χ2n) is 6.56. The molecular weight excluding hydrogens is 356 g/mol. The fraction of sp³-hybridized carbons (Fsp3) is 0.318. The number of aryl methyl sites for hydroxylation is 1. The van der Waals surface area contributed by atoms with Crippen molar-refractivity contribution in [3.05, 3.63) is 57.9 Å². The number of rotatable bonds is 8. The highest BCUT2D eigenvalue weighted by molar-refractivity contribution is 5.79. The zero-order chi connectivity index (χ0) is 20.1. The summed E-state index contributed by atoms with van der Waals surface area (Å²) < 4.78 is 16.1. The Kier molecular flexibility index (Phi) is 6.09. The van der Waals surface area contributed by atoms with Gasteiger partial charge in [-0.2, -0.15) is 0 Å². The number of methoxy groups -OCH3 is 3. The fourth-order valence-corrected chi connectivity index (χ4v) is 3.26. The van der Waals surface area contributed by atoms with E-state index in [2.05, 4.69) is 29.4 Å². The molecule has 0 aliphatic heterocycles. The summed E-state index contributed by atoms with van der Waals surface area (Å²) in [4.78, 5) is 15.4. The number of pyridine rings is 1. The minimum Gasteiger partial charge on any atom is -0.493 e. The van der Waals surface area contributed by atoms with E-state index in [1.165, 1.54) is 5.56 Å². The third-order valence-corrected chi connectivity index (χ3v) is 4.67. The molecule has 3 aromatic rings. The summed E-state index contributed by atoms with van der Waals surface area (Å²) >= 11 is 0. The number of nitrogens with one attached hydrogen (secondary N) is 2. The van der Waals surface area contributed by atoms with Crippen molar-refractivity contribution >= 4 is 16.6 Å². The molecule has 1 aromatic heterocycles. The Balaban J connectivity index is 1.88. The first-order chi connectivity index (χ1) is 13.6. The number of aromatic nitrogens is 1. The lowest BCUT2D eigenvalue weighted by atomic mass is 10.1. The van der Waals surface area contributed by atoms with Crippen LogP contribution < -0.4 is 25.1 Å². The van der Waals surface area contributed by atoms with Gasteiger partial charge in [-0.15, -0.1) is 0 Å². The molecule has 0 spiro atoms. The van der Waals surface area contributed by atoms with Gasteiger partial charge in [-0.25, -0.2) is 0 Å². The van der Waals surface area contributed by atoms with Crippen LogP contribution in [0.25, 0.3) is 10.9 Å². The Morgan fingerprint density at radius 2 is 1.68 bits per heavy atom. The van der Waals surface area contributed by atoms with E-state index in [-0.39, 0.29) is 5.56 Å². The molecular formula is C22H26N2O4. The van der Waals surface area contributed by atoms with Crippen LogP contribution in [0, 0.1) is 0 Å². The zero-order valence-electron chi connectivity index (χ0n) is 16.7. The number of hydrogen-bond acceptors (Lipinski definition) is 5. The molecule has 6 heteroatoms. The molecule has 0 aliphatic carbocycles. The summed E-state index contributed by atoms with van der Waals surface area (Å²) in [5, 5.41) is 4.31. The van der Waals surface area contributed by atoms with Crippen molar-refractivity contribution in [1.82, 2.24) is 4.98 Å². The molecule has 6 nitrogen and oxygen atoms in total. The van der Waals surface area contributed by atoms with Gasteiger partial charge in [0.2, 0.25) is 5.75 Å². The number of ether oxygens (including phenoxy) is 3. The zero-order valence-corrected chi connectivity index (χ0v) is 16.7. The molecule has 3 rings (SSSR count). The minimum atomic E-state index is -0.101. The lowest BCUT2D eigenvalue weighted by molar-refractivity contribution is 0.324. The van der Waals surface area contributed by atoms with Crippen molar-refractivity contribution in [3.8, 4) is 17.2 Å². The second kappa shape index (κ2) is 8.69. The lowest BCUT2D eigenvalue weighted by Gasteiger charge is -2.15. The molecule has 0 aliphatic rings. The molecule has 0 unspecified atom stereocenters. The van der Waals surface area contributed by atoms with E-state index in [1.54, 1.807) is 21.3 Å². The standard InChI is InChI=1S/C22H26N2O4/c1-5-6-14-7-8-18-15(9-14)10-16(22(25)24-18)13-23-17-11-19(26-2)21(28-4)20(12-17)27-3/h7-12,23H,5-6,13H2,1-4H3,(H,24,25). The summed E-state index contributed by atoms with van der Waals surface area (Å²) in [6, 6.07) is 11.7. The second-order valence-corrected chi connectivity index (χ2v) is 6.56. The van der Waals surface area contributed by atoms with E-state index in [9.17, 15) is 4.79 Å². The lowest BCUT2D eigenvalue weighted by Crippen LogP contribution is -2.15. The first-order valence-electron chi connectivity index (χ1n) is 9.28. The normalized spacial score (nSPS) is 10.7. The number of fused-ring (bicyclic) bond motifs is 1. The highest BCUT2D eigenvalue weighted by Gasteiger charge is 2.13. The molecule has 28 heavy (non-hydrogen) atoms. The van der Waals surface area contributed by atoms with Gasteiger partial charge in [-0.1, -0.05) is 19.4 Å². The third-order valence-electron chi connectivity index (χ3n) is 4.67. The summed E-state index contributed by atoms with van der Waals surface area (Å²) in [5.41, 5.74) is 3.45. The van der Waals surface area contributed by atoms with Gasteiger partial charge in [-0.3, -0.25) is 4.79 Å². The first-order valence-corrected chi connectivity index (χ1v) is 9.28. The van der Waals surface area contributed by atoms with Crippen LogP contribution in [-0.2, 0) is 13.0 Å². The Morgan fingerprint density at radius 1 is 0.964 bits per heavy atom. The maximum absolute atomic E-state index is 12.4. The van der Waals surface area contributed by atoms with E-state index in [0.717, 1.165) is 29.4 Å². The Labute approximate surface area is 164 Å². The highest BCUT2D eigenvalue weighted by atomic mass is 16.5. The highest BCUT2D eigenvalue weighted by Crippen LogP contribution is 2.40. The molecule has 0 amide bonds. The van der Waals surface area contributed by atoms with Gasteiger partial charge in [0.05, 0.1) is 21.3 Å². The van der Waals surface area contributed by atoms with Crippen molar-refractivity contribution in [3.63, 3.8) is 0 Å². The van der Waals surface area contributed by atoms with E-state index in [0.29, 0.717) is 29.4 Å². The number of H-pyrrole nitrogens is 1. The van der Waals surface area contributed by atoms with Crippen LogP contribution in [0.4, 0.5) is 5.69 Å². The Hall–Kier alpha value is -3.15. The summed E-state index contributed by atoms with van der Waals surface area (Å²) in [6.45, 7) is 2.53. The molecule has 0 fully saturated rings. The minimum absolute atomic E-state index is 0.101. The monoisotopic (exact) mass is 382 g/mol. The number of aromatic amines is 1. The maximum atomic E-state index is 12.4. The van der Waals surface area contributed by atoms with Crippen LogP contribution in [0.15, 0.2) is 41.2 Å². The molecule has 148 valence electrons. The van der Waals surface area contributed by atoms with Gasteiger partial charge < -0.3 is 24.5 Å². The van der Waals surface area contributed by atoms with Crippen LogP contribution in [0.3, 0.4) is 0 Å². The van der Waals surface area contributed by atoms with E-state index >= 15 is 0 Å². The summed E-state index contributed by atoms with van der Waals surface area (Å²) in [6.07, 6.45) is 2.11. The van der Waals surface area contributed by atoms with Crippen LogP contribution in [0.1, 0.15) is 24.5 Å². The van der Waals surface area contributed by atoms with E-state index in [1.807, 2.05) is 24.3 Å². The van der Waals surface area contributed by atoms with Crippen molar-refractivity contribution in [2.75, 3.05) is 26.6 Å². The molecule has 2 N–H and O–H groups in total. The van der Waals surface area contributed by atoms with Gasteiger partial charge in [0.25, 0.3) is 5.56 Å². The van der Waals surface area contributed by atoms with Crippen LogP contribution in [0.2, 0.25) is 0 Å². The average Bonchev–Trinajstić information content (AvgIpc) is 2.71. The summed E-state index contributed by atoms with van der Waals surface area (Å²) in [5.74, 6) is 1.64. The predicted molar refractivity (Wildman–Crippen MR) is 112 cm³/mol. The van der Waals surface area contributed by atoms with Gasteiger partial charge >= 0.3 is 0 Å². The van der Waals surface area contributed by atoms with Crippen molar-refractivity contribution < 1.29 is 14.2 Å². The van der Waals surface area contributed by atoms with Crippen molar-refractivity contribution in [2.45, 2.75) is 26.3 Å². The van der Waals surface area contributed by atoms with E-state index in [4.69, 9.17) is 14.2 Å². The fourth-order valence-electron chi connectivity index (χ4n) is 3.26. The molecule has 0 bridgehead atoms. The molecule has 0 atom stereocenters. The molecule has 2 aromatic carbocycles. The molecule has 0 saturated heterocycles. The SMILES string of the molecule is CCCc1ccc2[nH]c(=O)c(CNc3cc(OC)c(OC)c(OC)c3)cc2c1. The quantitative estimate of drug-likeness (QED) is 0.613. The smallest absolute Gasteiger partial charge is 0.253 e. The Morgan fingerprint density at radius 3 is 2.29 bits per heavy atom. The predicted octanol–water partition coefficient (Wildman–Crippen LogP) is 4.12. The molecule has 0 saturated carbocycles. The van der Waals surface area contributed by atoms with Crippen molar-refractivity contribution in [2.24, 2.45) is 0 Å². The van der Waals surface area contributed by atoms with Crippen LogP contribution >= 0.6 is 0 Å². The van der Waals surface area contributed by atoms with Gasteiger partial charge in [0.15, 0.2) is 11.5 Å². The number of anilines is 1.